The zero-order valence-corrected chi connectivity index (χ0v) is 30.0. The van der Waals surface area contributed by atoms with Crippen molar-refractivity contribution in [3.8, 4) is 0 Å². The van der Waals surface area contributed by atoms with Crippen LogP contribution in [0.3, 0.4) is 0 Å². The second-order valence-corrected chi connectivity index (χ2v) is 11.7. The van der Waals surface area contributed by atoms with Crippen molar-refractivity contribution < 1.29 is 76.3 Å². The van der Waals surface area contributed by atoms with E-state index in [-0.39, 0.29) is 45.6 Å². The van der Waals surface area contributed by atoms with E-state index in [1.807, 2.05) is 0 Å². The third-order valence-electron chi connectivity index (χ3n) is 6.08. The Labute approximate surface area is 291 Å². The molecule has 0 radical (unpaired) electrons. The molecule has 0 aromatic rings. The Morgan fingerprint density at radius 1 is 0.460 bits per heavy atom. The van der Waals surface area contributed by atoms with Gasteiger partial charge < -0.3 is 53.0 Å². The summed E-state index contributed by atoms with van der Waals surface area (Å²) in [5, 5.41) is 2.37. The van der Waals surface area contributed by atoms with Crippen molar-refractivity contribution in [2.45, 2.75) is 68.2 Å². The highest BCUT2D eigenvalue weighted by Crippen LogP contribution is 2.06. The molecule has 0 saturated carbocycles. The molecule has 0 spiro atoms. The van der Waals surface area contributed by atoms with Crippen LogP contribution in [0.4, 0.5) is 14.4 Å². The summed E-state index contributed by atoms with van der Waals surface area (Å²) in [6.45, 7) is 9.32. The summed E-state index contributed by atoms with van der Waals surface area (Å²) in [4.78, 5) is 98.7. The molecule has 0 aliphatic carbocycles. The SMILES string of the molecule is CC(C)C(=O)OCOC(=O)CCCN(CCN(CCNC(=O)OCOC(=O)C(C)C)C(=O)OCOC(=O)C(C)C)C(=O)OCOC(=O)C(C)C. The molecule has 0 aromatic heterocycles. The van der Waals surface area contributed by atoms with Gasteiger partial charge in [0, 0.05) is 39.1 Å². The quantitative estimate of drug-likeness (QED) is 0.0962. The van der Waals surface area contributed by atoms with Crippen LogP contribution in [0.2, 0.25) is 0 Å². The van der Waals surface area contributed by atoms with Gasteiger partial charge in [-0.25, -0.2) is 14.4 Å². The normalized spacial score (nSPS) is 10.6. The molecule has 19 nitrogen and oxygen atoms in total. The zero-order chi connectivity index (χ0) is 38.2. The average Bonchev–Trinajstić information content (AvgIpc) is 3.04. The summed E-state index contributed by atoms with van der Waals surface area (Å²) in [5.74, 6) is -4.85. The number of amides is 3. The lowest BCUT2D eigenvalue weighted by molar-refractivity contribution is -0.169. The Kier molecular flexibility index (Phi) is 22.7. The summed E-state index contributed by atoms with van der Waals surface area (Å²) in [6, 6.07) is 0. The Morgan fingerprint density at radius 2 is 0.820 bits per heavy atom. The molecule has 0 atom stereocenters. The lowest BCUT2D eigenvalue weighted by Gasteiger charge is -2.27. The van der Waals surface area contributed by atoms with Crippen molar-refractivity contribution >= 4 is 48.1 Å². The first-order valence-corrected chi connectivity index (χ1v) is 16.0. The predicted molar refractivity (Wildman–Crippen MR) is 169 cm³/mol. The van der Waals surface area contributed by atoms with Gasteiger partial charge in [-0.05, 0) is 6.42 Å². The molecule has 50 heavy (non-hydrogen) atoms. The molecule has 0 heterocycles. The van der Waals surface area contributed by atoms with Crippen molar-refractivity contribution in [1.82, 2.24) is 15.1 Å². The van der Waals surface area contributed by atoms with Gasteiger partial charge in [0.1, 0.15) is 0 Å². The second kappa shape index (κ2) is 25.2. The van der Waals surface area contributed by atoms with Gasteiger partial charge in [0.05, 0.1) is 23.7 Å². The van der Waals surface area contributed by atoms with Crippen LogP contribution in [0.5, 0.6) is 0 Å². The molecule has 3 amide bonds. The Hall–Kier alpha value is -4.84. The number of hydrogen-bond acceptors (Lipinski definition) is 16. The van der Waals surface area contributed by atoms with Crippen molar-refractivity contribution in [2.75, 3.05) is 59.9 Å². The van der Waals surface area contributed by atoms with E-state index >= 15 is 0 Å². The maximum Gasteiger partial charge on any atom is 0.412 e. The summed E-state index contributed by atoms with van der Waals surface area (Å²) < 4.78 is 39.1. The van der Waals surface area contributed by atoms with Crippen LogP contribution >= 0.6 is 0 Å². The van der Waals surface area contributed by atoms with E-state index in [4.69, 9.17) is 37.9 Å². The van der Waals surface area contributed by atoms with Gasteiger partial charge in [0.15, 0.2) is 0 Å². The largest absolute Gasteiger partial charge is 0.428 e. The third-order valence-corrected chi connectivity index (χ3v) is 6.08. The van der Waals surface area contributed by atoms with Crippen molar-refractivity contribution in [2.24, 2.45) is 23.7 Å². The van der Waals surface area contributed by atoms with E-state index in [1.54, 1.807) is 55.4 Å². The summed E-state index contributed by atoms with van der Waals surface area (Å²) >= 11 is 0. The molecule has 286 valence electrons. The number of carbonyl (C=O) groups is 8. The Morgan fingerprint density at radius 3 is 1.22 bits per heavy atom. The molecular formula is C31H51N3O16. The third kappa shape index (κ3) is 21.2. The minimum absolute atomic E-state index is 0.0578. The predicted octanol–water partition coefficient (Wildman–Crippen LogP) is 2.54. The van der Waals surface area contributed by atoms with Crippen LogP contribution in [0.15, 0.2) is 0 Å². The highest BCUT2D eigenvalue weighted by Gasteiger charge is 2.22. The molecular weight excluding hydrogens is 670 g/mol. The Bertz CT molecular complexity index is 1040. The van der Waals surface area contributed by atoms with Crippen molar-refractivity contribution in [3.63, 3.8) is 0 Å². The van der Waals surface area contributed by atoms with E-state index in [0.717, 1.165) is 9.80 Å². The number of nitrogens with zero attached hydrogens (tertiary/aromatic N) is 2. The molecule has 0 rings (SSSR count). The number of nitrogens with one attached hydrogen (secondary N) is 1. The number of alkyl carbamates (subject to hydrolysis) is 1. The lowest BCUT2D eigenvalue weighted by Crippen LogP contribution is -2.45. The molecule has 0 fully saturated rings. The first-order valence-electron chi connectivity index (χ1n) is 16.0. The van der Waals surface area contributed by atoms with Gasteiger partial charge in [-0.2, -0.15) is 0 Å². The lowest BCUT2D eigenvalue weighted by atomic mass is 10.2. The minimum Gasteiger partial charge on any atom is -0.428 e. The van der Waals surface area contributed by atoms with Gasteiger partial charge in [0.2, 0.25) is 27.2 Å². The number of carbonyl (C=O) groups excluding carboxylic acids is 8. The number of rotatable bonds is 22. The van der Waals surface area contributed by atoms with Gasteiger partial charge in [0.25, 0.3) is 0 Å². The first kappa shape index (κ1) is 45.2. The molecule has 1 N–H and O–H groups in total. The first-order chi connectivity index (χ1) is 23.5. The smallest absolute Gasteiger partial charge is 0.412 e. The fourth-order valence-electron chi connectivity index (χ4n) is 3.08. The molecule has 19 heteroatoms. The van der Waals surface area contributed by atoms with Crippen LogP contribution in [-0.4, -0.2) is 118 Å². The van der Waals surface area contributed by atoms with Crippen molar-refractivity contribution in [3.05, 3.63) is 0 Å². The monoisotopic (exact) mass is 721 g/mol. The summed E-state index contributed by atoms with van der Waals surface area (Å²) in [5.41, 5.74) is 0. The van der Waals surface area contributed by atoms with Gasteiger partial charge in [-0.1, -0.05) is 55.4 Å². The van der Waals surface area contributed by atoms with Crippen LogP contribution < -0.4 is 5.32 Å². The van der Waals surface area contributed by atoms with E-state index < -0.39 is 99.0 Å². The average molecular weight is 722 g/mol. The van der Waals surface area contributed by atoms with Gasteiger partial charge in [-0.3, -0.25) is 24.0 Å². The molecule has 0 unspecified atom stereocenters. The van der Waals surface area contributed by atoms with E-state index in [0.29, 0.717) is 0 Å². The molecule has 0 bridgehead atoms. The van der Waals surface area contributed by atoms with Gasteiger partial charge >= 0.3 is 48.1 Å². The van der Waals surface area contributed by atoms with E-state index in [1.165, 1.54) is 0 Å². The summed E-state index contributed by atoms with van der Waals surface area (Å²) in [6.07, 6.45) is -2.99. The minimum atomic E-state index is -0.971. The van der Waals surface area contributed by atoms with E-state index in [2.05, 4.69) is 5.32 Å². The molecule has 0 saturated heterocycles. The maximum atomic E-state index is 12.9. The zero-order valence-electron chi connectivity index (χ0n) is 30.0. The van der Waals surface area contributed by atoms with Crippen LogP contribution in [0.1, 0.15) is 68.2 Å². The fraction of sp³-hybridized carbons (Fsp3) is 0.742. The van der Waals surface area contributed by atoms with Gasteiger partial charge in [-0.15, -0.1) is 0 Å². The maximum absolute atomic E-state index is 12.9. The van der Waals surface area contributed by atoms with Crippen molar-refractivity contribution in [1.29, 1.82) is 0 Å². The second-order valence-electron chi connectivity index (χ2n) is 11.7. The molecule has 0 aliphatic rings. The van der Waals surface area contributed by atoms with Crippen LogP contribution in [-0.2, 0) is 61.9 Å². The molecule has 0 aromatic carbocycles. The van der Waals surface area contributed by atoms with E-state index in [9.17, 15) is 38.4 Å². The fourth-order valence-corrected chi connectivity index (χ4v) is 3.08. The highest BCUT2D eigenvalue weighted by atomic mass is 16.7. The number of hydrogen-bond donors (Lipinski definition) is 1. The Balaban J connectivity index is 5.47. The highest BCUT2D eigenvalue weighted by molar-refractivity contribution is 5.74. The molecule has 0 aliphatic heterocycles. The van der Waals surface area contributed by atoms with Crippen LogP contribution in [0.25, 0.3) is 0 Å². The summed E-state index contributed by atoms with van der Waals surface area (Å²) in [7, 11) is 0. The number of esters is 5. The topological polar surface area (TPSA) is 229 Å². The standard InChI is InChI=1S/C31H51N3O16/c1-20(2)25(36)44-16-43-24(35)10-9-12-33(30(41)49-18-46-27(38)22(5)6)14-15-34(31(42)50-19-47-28(39)23(7)8)13-11-32-29(40)48-17-45-26(37)21(3)4/h20-23H,9-19H2,1-8H3,(H,32,40). The van der Waals surface area contributed by atoms with Crippen LogP contribution in [0, 0.1) is 23.7 Å². The number of ether oxygens (including phenoxy) is 8.